The zero-order chi connectivity index (χ0) is 20.6. The van der Waals surface area contributed by atoms with Crippen molar-refractivity contribution in [1.29, 1.82) is 0 Å². The van der Waals surface area contributed by atoms with Gasteiger partial charge in [-0.15, -0.1) is 21.8 Å². The molecule has 2 aromatic rings. The third-order valence-electron chi connectivity index (χ3n) is 3.28. The number of hydrogen-bond acceptors (Lipinski definition) is 6. The molecule has 6 nitrogen and oxygen atoms in total. The first kappa shape index (κ1) is 22.1. The van der Waals surface area contributed by atoms with Crippen LogP contribution in [0.3, 0.4) is 0 Å². The van der Waals surface area contributed by atoms with Crippen molar-refractivity contribution in [1.82, 2.24) is 10.0 Å². The maximum Gasteiger partial charge on any atom is 0.586 e. The zero-order valence-electron chi connectivity index (χ0n) is 16.3. The van der Waals surface area contributed by atoms with Crippen molar-refractivity contribution in [2.45, 2.75) is 0 Å². The largest absolute Gasteiger partial charge is 0.586 e. The molecule has 0 radical (unpaired) electrons. The van der Waals surface area contributed by atoms with Crippen LogP contribution in [0.25, 0.3) is 0 Å². The summed E-state index contributed by atoms with van der Waals surface area (Å²) in [5, 5.41) is 12.1. The Morgan fingerprint density at radius 1 is 0.786 bits per heavy atom. The fourth-order valence-electron chi connectivity index (χ4n) is 2.16. The van der Waals surface area contributed by atoms with E-state index in [0.29, 0.717) is 11.8 Å². The molecule has 0 aromatic heterocycles. The highest BCUT2D eigenvalue weighted by atomic mass is 35.6. The molecule has 0 N–H and O–H groups in total. The van der Waals surface area contributed by atoms with Gasteiger partial charge in [0, 0.05) is 39.3 Å². The fourth-order valence-corrected chi connectivity index (χ4v) is 3.97. The molecule has 0 saturated carbocycles. The lowest BCUT2D eigenvalue weighted by Crippen LogP contribution is -2.44. The molecule has 28 heavy (non-hydrogen) atoms. The Balaban J connectivity index is 2.36. The van der Waals surface area contributed by atoms with Gasteiger partial charge in [-0.05, 0) is 24.3 Å². The molecule has 0 bridgehead atoms. The molecule has 0 unspecified atom stereocenters. The molecule has 2 rings (SSSR count). The predicted molar refractivity (Wildman–Crippen MR) is 118 cm³/mol. The van der Waals surface area contributed by atoms with Gasteiger partial charge >= 0.3 is 7.87 Å². The molecule has 0 heterocycles. The van der Waals surface area contributed by atoms with Crippen molar-refractivity contribution < 1.29 is 8.85 Å². The van der Waals surface area contributed by atoms with Crippen LogP contribution < -0.4 is 0 Å². The second kappa shape index (κ2) is 10.4. The van der Waals surface area contributed by atoms with Gasteiger partial charge in [-0.3, -0.25) is 10.0 Å². The number of alkyl halides is 1. The maximum atomic E-state index is 6.74. The van der Waals surface area contributed by atoms with Crippen molar-refractivity contribution in [3.63, 3.8) is 0 Å². The van der Waals surface area contributed by atoms with Crippen LogP contribution >= 0.6 is 22.7 Å². The number of hydrogen-bond donors (Lipinski definition) is 0. The molecule has 0 amide bonds. The van der Waals surface area contributed by atoms with Gasteiger partial charge in [0.25, 0.3) is 0 Å². The van der Waals surface area contributed by atoms with Gasteiger partial charge in [-0.1, -0.05) is 47.5 Å². The Labute approximate surface area is 176 Å². The highest BCUT2D eigenvalue weighted by molar-refractivity contribution is 7.16. The van der Waals surface area contributed by atoms with E-state index in [1.165, 1.54) is 0 Å². The standard InChI is InChI=1S/C19H24Cl2N4O2Si/c1-24(2)22-18(16-11-7-5-8-12-16)26-28(21,15-20)27-19(23-25(3)4)17-13-9-6-10-14-17/h5-14H,15H2,1-4H3/b22-18-,23-19-. The van der Waals surface area contributed by atoms with Crippen LogP contribution in [0.5, 0.6) is 0 Å². The van der Waals surface area contributed by atoms with Crippen LogP contribution in [0.1, 0.15) is 11.1 Å². The van der Waals surface area contributed by atoms with E-state index in [0.717, 1.165) is 11.1 Å². The van der Waals surface area contributed by atoms with E-state index in [4.69, 9.17) is 31.5 Å². The molecule has 0 spiro atoms. The summed E-state index contributed by atoms with van der Waals surface area (Å²) in [6.07, 6.45) is 0. The summed E-state index contributed by atoms with van der Waals surface area (Å²) >= 11 is 12.9. The number of rotatable bonds is 7. The van der Waals surface area contributed by atoms with Crippen molar-refractivity contribution in [2.24, 2.45) is 10.2 Å². The average Bonchev–Trinajstić information content (AvgIpc) is 2.67. The van der Waals surface area contributed by atoms with Crippen molar-refractivity contribution in [3.8, 4) is 0 Å². The highest BCUT2D eigenvalue weighted by Crippen LogP contribution is 2.21. The smallest absolute Gasteiger partial charge is 0.484 e. The molecular formula is C19H24Cl2N4O2Si. The van der Waals surface area contributed by atoms with Crippen LogP contribution in [0.2, 0.25) is 0 Å². The van der Waals surface area contributed by atoms with Gasteiger partial charge < -0.3 is 8.85 Å². The van der Waals surface area contributed by atoms with Gasteiger partial charge in [0.1, 0.15) is 5.50 Å². The molecule has 9 heteroatoms. The van der Waals surface area contributed by atoms with E-state index in [-0.39, 0.29) is 5.50 Å². The Morgan fingerprint density at radius 3 is 1.43 bits per heavy atom. The minimum Gasteiger partial charge on any atom is -0.484 e. The molecule has 0 aliphatic rings. The third kappa shape index (κ3) is 6.74. The van der Waals surface area contributed by atoms with E-state index < -0.39 is 7.87 Å². The second-order valence-corrected chi connectivity index (χ2v) is 10.8. The molecule has 0 aliphatic carbocycles. The average molecular weight is 439 g/mol. The molecule has 0 aliphatic heterocycles. The second-order valence-electron chi connectivity index (χ2n) is 6.23. The minimum absolute atomic E-state index is 0.0207. The van der Waals surface area contributed by atoms with E-state index in [9.17, 15) is 0 Å². The summed E-state index contributed by atoms with van der Waals surface area (Å²) in [7, 11) is 3.77. The Bertz CT molecular complexity index is 739. The lowest BCUT2D eigenvalue weighted by molar-refractivity contribution is 0.362. The van der Waals surface area contributed by atoms with Crippen LogP contribution in [0, 0.1) is 0 Å². The SMILES string of the molecule is CN(C)/N=C(\O[Si](Cl)(CCl)O/C(=N\N(C)C)c1ccccc1)c1ccccc1. The fraction of sp³-hybridized carbons (Fsp3) is 0.263. The summed E-state index contributed by atoms with van der Waals surface area (Å²) in [4.78, 5) is 0. The number of nitrogens with zero attached hydrogens (tertiary/aromatic N) is 4. The van der Waals surface area contributed by atoms with Crippen LogP contribution in [-0.4, -0.2) is 63.4 Å². The third-order valence-corrected chi connectivity index (χ3v) is 6.93. The van der Waals surface area contributed by atoms with Crippen molar-refractivity contribution in [2.75, 3.05) is 33.7 Å². The minimum atomic E-state index is -3.43. The van der Waals surface area contributed by atoms with Gasteiger partial charge in [0.15, 0.2) is 0 Å². The number of hydrazone groups is 2. The molecule has 2 aromatic carbocycles. The first-order valence-electron chi connectivity index (χ1n) is 8.58. The summed E-state index contributed by atoms with van der Waals surface area (Å²) in [5.74, 6) is 0.676. The van der Waals surface area contributed by atoms with Gasteiger partial charge in [-0.25, -0.2) is 0 Å². The Morgan fingerprint density at radius 2 is 1.14 bits per heavy atom. The van der Waals surface area contributed by atoms with Crippen LogP contribution in [-0.2, 0) is 8.85 Å². The van der Waals surface area contributed by atoms with E-state index in [2.05, 4.69) is 10.2 Å². The molecule has 0 saturated heterocycles. The Hall–Kier alpha value is -2.22. The van der Waals surface area contributed by atoms with Crippen molar-refractivity contribution >= 4 is 42.3 Å². The summed E-state index contributed by atoms with van der Waals surface area (Å²) in [6.45, 7) is 0. The van der Waals surface area contributed by atoms with E-state index in [1.807, 2.05) is 60.7 Å². The van der Waals surface area contributed by atoms with Gasteiger partial charge in [-0.2, -0.15) is 0 Å². The Kier molecular flexibility index (Phi) is 8.16. The lowest BCUT2D eigenvalue weighted by atomic mass is 10.2. The van der Waals surface area contributed by atoms with E-state index in [1.54, 1.807) is 38.2 Å². The number of halogens is 2. The van der Waals surface area contributed by atoms with Crippen molar-refractivity contribution in [3.05, 3.63) is 71.8 Å². The lowest BCUT2D eigenvalue weighted by Gasteiger charge is -2.26. The summed E-state index contributed by atoms with van der Waals surface area (Å²) in [6, 6.07) is 18.9. The molecule has 0 fully saturated rings. The van der Waals surface area contributed by atoms with Crippen LogP contribution in [0.15, 0.2) is 70.9 Å². The van der Waals surface area contributed by atoms with Crippen LogP contribution in [0.4, 0.5) is 0 Å². The molecular weight excluding hydrogens is 415 g/mol. The monoisotopic (exact) mass is 438 g/mol. The quantitative estimate of drug-likeness (QED) is 0.164. The maximum absolute atomic E-state index is 6.74. The molecule has 0 atom stereocenters. The predicted octanol–water partition coefficient (Wildman–Crippen LogP) is 3.82. The number of benzene rings is 2. The van der Waals surface area contributed by atoms with Gasteiger partial charge in [0.2, 0.25) is 11.8 Å². The first-order valence-corrected chi connectivity index (χ1v) is 12.2. The van der Waals surface area contributed by atoms with E-state index >= 15 is 0 Å². The highest BCUT2D eigenvalue weighted by Gasteiger charge is 2.43. The topological polar surface area (TPSA) is 49.7 Å². The zero-order valence-corrected chi connectivity index (χ0v) is 18.9. The summed E-state index contributed by atoms with van der Waals surface area (Å²) < 4.78 is 12.2. The molecule has 150 valence electrons. The normalized spacial score (nSPS) is 12.5. The summed E-state index contributed by atoms with van der Waals surface area (Å²) in [5.41, 5.74) is 1.52. The first-order chi connectivity index (χ1) is 13.3. The van der Waals surface area contributed by atoms with Gasteiger partial charge in [0.05, 0.1) is 0 Å².